The normalized spacial score (nSPS) is 19.3. The molecule has 0 saturated carbocycles. The number of guanidine groups is 1. The SMILES string of the molecule is CN(C)C(=NCc1ccccc1)NCC1CC(=O)N(C)C1c1ccccc1.I. The smallest absolute Gasteiger partial charge is 0.223 e. The van der Waals surface area contributed by atoms with Crippen molar-refractivity contribution < 1.29 is 4.79 Å². The molecule has 1 aliphatic heterocycles. The Morgan fingerprint density at radius 1 is 1.11 bits per heavy atom. The van der Waals surface area contributed by atoms with E-state index >= 15 is 0 Å². The molecule has 3 rings (SSSR count). The van der Waals surface area contributed by atoms with Crippen LogP contribution in [0.1, 0.15) is 23.6 Å². The van der Waals surface area contributed by atoms with Gasteiger partial charge in [0.15, 0.2) is 5.96 Å². The molecule has 6 heteroatoms. The van der Waals surface area contributed by atoms with Crippen molar-refractivity contribution in [1.82, 2.24) is 15.1 Å². The minimum absolute atomic E-state index is 0. The molecule has 1 amide bonds. The van der Waals surface area contributed by atoms with Gasteiger partial charge in [0.05, 0.1) is 12.6 Å². The van der Waals surface area contributed by atoms with Crippen molar-refractivity contribution >= 4 is 35.8 Å². The number of likely N-dealkylation sites (tertiary alicyclic amines) is 1. The molecule has 5 nitrogen and oxygen atoms in total. The highest BCUT2D eigenvalue weighted by atomic mass is 127. The van der Waals surface area contributed by atoms with E-state index in [0.717, 1.165) is 5.96 Å². The molecule has 2 aromatic rings. The number of benzene rings is 2. The average molecular weight is 492 g/mol. The number of halogens is 1. The van der Waals surface area contributed by atoms with Gasteiger partial charge < -0.3 is 15.1 Å². The summed E-state index contributed by atoms with van der Waals surface area (Å²) >= 11 is 0. The summed E-state index contributed by atoms with van der Waals surface area (Å²) in [5.74, 6) is 1.25. The molecular formula is C22H29IN4O. The fourth-order valence-electron chi connectivity index (χ4n) is 3.61. The van der Waals surface area contributed by atoms with Crippen LogP contribution in [0.5, 0.6) is 0 Å². The van der Waals surface area contributed by atoms with Gasteiger partial charge in [-0.1, -0.05) is 60.7 Å². The molecule has 0 spiro atoms. The van der Waals surface area contributed by atoms with Crippen molar-refractivity contribution in [1.29, 1.82) is 0 Å². The average Bonchev–Trinajstić information content (AvgIpc) is 2.97. The summed E-state index contributed by atoms with van der Waals surface area (Å²) in [4.78, 5) is 20.9. The van der Waals surface area contributed by atoms with Crippen molar-refractivity contribution in [3.05, 3.63) is 71.8 Å². The molecule has 0 aromatic heterocycles. The summed E-state index contributed by atoms with van der Waals surface area (Å²) < 4.78 is 0. The molecule has 2 aromatic carbocycles. The number of rotatable bonds is 5. The fourth-order valence-corrected chi connectivity index (χ4v) is 3.61. The van der Waals surface area contributed by atoms with E-state index in [2.05, 4.69) is 29.6 Å². The van der Waals surface area contributed by atoms with Crippen LogP contribution in [0.15, 0.2) is 65.7 Å². The number of hydrogen-bond acceptors (Lipinski definition) is 2. The lowest BCUT2D eigenvalue weighted by Crippen LogP contribution is -2.40. The summed E-state index contributed by atoms with van der Waals surface area (Å²) in [6, 6.07) is 20.6. The van der Waals surface area contributed by atoms with Gasteiger partial charge in [-0.25, -0.2) is 4.99 Å². The van der Waals surface area contributed by atoms with E-state index in [1.165, 1.54) is 11.1 Å². The molecule has 1 N–H and O–H groups in total. The number of aliphatic imine (C=N–C) groups is 1. The van der Waals surface area contributed by atoms with Crippen LogP contribution < -0.4 is 5.32 Å². The Hall–Kier alpha value is -2.09. The molecule has 2 atom stereocenters. The standard InChI is InChI=1S/C22H28N4O.HI/c1-25(2)22(23-15-17-10-6-4-7-11-17)24-16-19-14-20(27)26(3)21(19)18-12-8-5-9-13-18;/h4-13,19,21H,14-16H2,1-3H3,(H,23,24);1H. The van der Waals surface area contributed by atoms with Gasteiger partial charge in [-0.15, -0.1) is 24.0 Å². The van der Waals surface area contributed by atoms with Crippen LogP contribution in [-0.4, -0.2) is 49.4 Å². The van der Waals surface area contributed by atoms with E-state index in [4.69, 9.17) is 4.99 Å². The Labute approximate surface area is 184 Å². The number of carbonyl (C=O) groups excluding carboxylic acids is 1. The Morgan fingerprint density at radius 2 is 1.71 bits per heavy atom. The number of hydrogen-bond donors (Lipinski definition) is 1. The second kappa shape index (κ2) is 10.5. The minimum Gasteiger partial charge on any atom is -0.356 e. The molecule has 1 aliphatic rings. The summed E-state index contributed by atoms with van der Waals surface area (Å²) in [5, 5.41) is 3.47. The monoisotopic (exact) mass is 492 g/mol. The number of carbonyl (C=O) groups is 1. The zero-order valence-corrected chi connectivity index (χ0v) is 19.0. The number of amides is 1. The van der Waals surface area contributed by atoms with Gasteiger partial charge in [0.25, 0.3) is 0 Å². The van der Waals surface area contributed by atoms with Crippen molar-refractivity contribution in [3.8, 4) is 0 Å². The Kier molecular flexibility index (Phi) is 8.29. The zero-order valence-electron chi connectivity index (χ0n) is 16.7. The van der Waals surface area contributed by atoms with Crippen LogP contribution in [0.2, 0.25) is 0 Å². The van der Waals surface area contributed by atoms with Crippen molar-refractivity contribution in [2.24, 2.45) is 10.9 Å². The lowest BCUT2D eigenvalue weighted by atomic mass is 9.94. The first-order valence-electron chi connectivity index (χ1n) is 9.36. The van der Waals surface area contributed by atoms with E-state index in [0.29, 0.717) is 19.5 Å². The van der Waals surface area contributed by atoms with Crippen LogP contribution >= 0.6 is 24.0 Å². The van der Waals surface area contributed by atoms with Gasteiger partial charge in [0.1, 0.15) is 0 Å². The maximum atomic E-state index is 12.3. The van der Waals surface area contributed by atoms with E-state index in [1.54, 1.807) is 0 Å². The highest BCUT2D eigenvalue weighted by Crippen LogP contribution is 2.36. The van der Waals surface area contributed by atoms with Crippen molar-refractivity contribution in [2.75, 3.05) is 27.7 Å². The quantitative estimate of drug-likeness (QED) is 0.395. The predicted octanol–water partition coefficient (Wildman–Crippen LogP) is 3.53. The van der Waals surface area contributed by atoms with Gasteiger partial charge in [-0.2, -0.15) is 0 Å². The minimum atomic E-state index is 0. The first-order valence-corrected chi connectivity index (χ1v) is 9.36. The lowest BCUT2D eigenvalue weighted by Gasteiger charge is -2.27. The molecule has 1 heterocycles. The zero-order chi connectivity index (χ0) is 19.2. The molecular weight excluding hydrogens is 463 g/mol. The van der Waals surface area contributed by atoms with Crippen LogP contribution in [0.3, 0.4) is 0 Å². The van der Waals surface area contributed by atoms with Gasteiger partial charge in [0.2, 0.25) is 5.91 Å². The molecule has 1 saturated heterocycles. The third-order valence-corrected chi connectivity index (χ3v) is 5.04. The number of nitrogens with one attached hydrogen (secondary N) is 1. The van der Waals surface area contributed by atoms with Crippen LogP contribution in [-0.2, 0) is 11.3 Å². The van der Waals surface area contributed by atoms with E-state index in [9.17, 15) is 4.79 Å². The Morgan fingerprint density at radius 3 is 2.32 bits per heavy atom. The van der Waals surface area contributed by atoms with Crippen molar-refractivity contribution in [3.63, 3.8) is 0 Å². The van der Waals surface area contributed by atoms with Crippen LogP contribution in [0.25, 0.3) is 0 Å². The topological polar surface area (TPSA) is 47.9 Å². The van der Waals surface area contributed by atoms with Gasteiger partial charge >= 0.3 is 0 Å². The predicted molar refractivity (Wildman–Crippen MR) is 125 cm³/mol. The van der Waals surface area contributed by atoms with E-state index in [-0.39, 0.29) is 41.8 Å². The molecule has 28 heavy (non-hydrogen) atoms. The highest BCUT2D eigenvalue weighted by Gasteiger charge is 2.38. The highest BCUT2D eigenvalue weighted by molar-refractivity contribution is 14.0. The maximum Gasteiger partial charge on any atom is 0.223 e. The Bertz CT molecular complexity index is 780. The first kappa shape index (κ1) is 22.2. The lowest BCUT2D eigenvalue weighted by molar-refractivity contribution is -0.127. The van der Waals surface area contributed by atoms with Crippen molar-refractivity contribution in [2.45, 2.75) is 19.0 Å². The molecule has 150 valence electrons. The largest absolute Gasteiger partial charge is 0.356 e. The molecule has 2 unspecified atom stereocenters. The third kappa shape index (κ3) is 5.47. The van der Waals surface area contributed by atoms with Crippen LogP contribution in [0, 0.1) is 5.92 Å². The summed E-state index contributed by atoms with van der Waals surface area (Å²) in [6.45, 7) is 1.34. The third-order valence-electron chi connectivity index (χ3n) is 5.04. The second-order valence-corrected chi connectivity index (χ2v) is 7.23. The molecule has 0 bridgehead atoms. The second-order valence-electron chi connectivity index (χ2n) is 7.23. The van der Waals surface area contributed by atoms with Gasteiger partial charge in [0, 0.05) is 40.0 Å². The van der Waals surface area contributed by atoms with Crippen LogP contribution in [0.4, 0.5) is 0 Å². The first-order chi connectivity index (χ1) is 13.1. The van der Waals surface area contributed by atoms with E-state index < -0.39 is 0 Å². The van der Waals surface area contributed by atoms with Gasteiger partial charge in [-0.3, -0.25) is 4.79 Å². The summed E-state index contributed by atoms with van der Waals surface area (Å²) in [7, 11) is 5.87. The molecule has 0 aliphatic carbocycles. The molecule has 1 fully saturated rings. The van der Waals surface area contributed by atoms with E-state index in [1.807, 2.05) is 67.3 Å². The fraction of sp³-hybridized carbons (Fsp3) is 0.364. The maximum absolute atomic E-state index is 12.3. The summed E-state index contributed by atoms with van der Waals surface area (Å²) in [5.41, 5.74) is 2.36. The molecule has 0 radical (unpaired) electrons. The Balaban J connectivity index is 0.00000280. The number of nitrogens with zero attached hydrogens (tertiary/aromatic N) is 3. The summed E-state index contributed by atoms with van der Waals surface area (Å²) in [6.07, 6.45) is 0.558. The van der Waals surface area contributed by atoms with Gasteiger partial charge in [-0.05, 0) is 11.1 Å².